The Kier molecular flexibility index (Phi) is 7.77. The molecular weight excluding hydrogens is 219 g/mol. The number of hydrogen-bond donors (Lipinski definition) is 1. The minimum atomic E-state index is -4.33. The van der Waals surface area contributed by atoms with Crippen LogP contribution in [0.3, 0.4) is 0 Å². The first-order valence-electron chi connectivity index (χ1n) is 3.61. The van der Waals surface area contributed by atoms with Crippen molar-refractivity contribution in [3.8, 4) is 0 Å². The third-order valence-corrected chi connectivity index (χ3v) is 2.35. The van der Waals surface area contributed by atoms with Gasteiger partial charge >= 0.3 is 16.1 Å². The maximum Gasteiger partial charge on any atom is 0.334 e. The van der Waals surface area contributed by atoms with E-state index in [1.54, 1.807) is 0 Å². The summed E-state index contributed by atoms with van der Waals surface area (Å²) in [6.07, 6.45) is -0.00213. The minimum absolute atomic E-state index is 0. The van der Waals surface area contributed by atoms with Crippen molar-refractivity contribution in [3.05, 3.63) is 12.2 Å². The van der Waals surface area contributed by atoms with Crippen LogP contribution in [-0.4, -0.2) is 53.9 Å². The van der Waals surface area contributed by atoms with Gasteiger partial charge in [-0.2, -0.15) is 8.42 Å². The van der Waals surface area contributed by atoms with E-state index >= 15 is 0 Å². The van der Waals surface area contributed by atoms with Gasteiger partial charge in [-0.3, -0.25) is 4.55 Å². The van der Waals surface area contributed by atoms with E-state index in [0.29, 0.717) is 0 Å². The summed E-state index contributed by atoms with van der Waals surface area (Å²) in [4.78, 5) is 10.9. The summed E-state index contributed by atoms with van der Waals surface area (Å²) in [5.41, 5.74) is -1.42. The quantitative estimate of drug-likeness (QED) is 0.327. The predicted octanol–water partition coefficient (Wildman–Crippen LogP) is 0.349. The van der Waals surface area contributed by atoms with Gasteiger partial charge < -0.3 is 4.74 Å². The van der Waals surface area contributed by atoms with Gasteiger partial charge in [-0.25, -0.2) is 4.79 Å². The molecule has 0 heterocycles. The van der Waals surface area contributed by atoms with Gasteiger partial charge in [0, 0.05) is 35.1 Å². The molecule has 5 nitrogen and oxygen atoms in total. The summed E-state index contributed by atoms with van der Waals surface area (Å²) in [5, 5.41) is 0. The van der Waals surface area contributed by atoms with Crippen molar-refractivity contribution in [3.63, 3.8) is 0 Å². The van der Waals surface area contributed by atoms with Crippen LogP contribution < -0.4 is 0 Å². The number of carbonyl (C=O) groups is 1. The molecule has 0 aromatic heterocycles. The summed E-state index contributed by atoms with van der Waals surface area (Å²) in [6, 6.07) is 0. The van der Waals surface area contributed by atoms with Crippen molar-refractivity contribution in [2.24, 2.45) is 0 Å². The van der Waals surface area contributed by atoms with Gasteiger partial charge in [-0.05, 0) is 13.3 Å². The Balaban J connectivity index is 0. The van der Waals surface area contributed by atoms with E-state index in [1.165, 1.54) is 13.8 Å². The molecule has 0 saturated carbocycles. The van der Waals surface area contributed by atoms with Crippen molar-refractivity contribution in [1.82, 2.24) is 0 Å². The van der Waals surface area contributed by atoms with E-state index in [1.807, 2.05) is 0 Å². The first-order valence-corrected chi connectivity index (χ1v) is 5.12. The van der Waals surface area contributed by atoms with Crippen LogP contribution in [0.1, 0.15) is 20.3 Å². The standard InChI is InChI=1S/C7H12O5S.Na/c1-4-6(13(9,10)11)12-7(8)5(2)3;/h6H,2,4H2,1,3H3,(H,9,10,11);. The zero-order valence-electron chi connectivity index (χ0n) is 8.48. The van der Waals surface area contributed by atoms with E-state index in [9.17, 15) is 13.2 Å². The van der Waals surface area contributed by atoms with E-state index < -0.39 is 21.5 Å². The summed E-state index contributed by atoms with van der Waals surface area (Å²) in [7, 11) is -4.33. The van der Waals surface area contributed by atoms with Crippen molar-refractivity contribution in [2.45, 2.75) is 25.7 Å². The van der Waals surface area contributed by atoms with Crippen LogP contribution in [0.4, 0.5) is 0 Å². The van der Waals surface area contributed by atoms with E-state index in [2.05, 4.69) is 11.3 Å². The van der Waals surface area contributed by atoms with Gasteiger partial charge in [-0.1, -0.05) is 13.5 Å². The van der Waals surface area contributed by atoms with Crippen LogP contribution in [0.5, 0.6) is 0 Å². The Bertz CT molecular complexity index is 308. The molecule has 0 aliphatic carbocycles. The molecule has 0 aromatic rings. The molecule has 1 unspecified atom stereocenters. The molecule has 0 saturated heterocycles. The fourth-order valence-corrected chi connectivity index (χ4v) is 1.20. The number of hydrogen-bond acceptors (Lipinski definition) is 4. The molecule has 0 aliphatic rings. The Morgan fingerprint density at radius 3 is 2.21 bits per heavy atom. The first kappa shape index (κ1) is 16.5. The average molecular weight is 231 g/mol. The monoisotopic (exact) mass is 231 g/mol. The maximum atomic E-state index is 10.9. The first-order chi connectivity index (χ1) is 5.79. The fourth-order valence-electron chi connectivity index (χ4n) is 0.575. The number of ether oxygens (including phenoxy) is 1. The molecule has 0 aromatic carbocycles. The Morgan fingerprint density at radius 1 is 1.57 bits per heavy atom. The number of rotatable bonds is 4. The van der Waals surface area contributed by atoms with Crippen LogP contribution in [0.2, 0.25) is 0 Å². The second kappa shape index (κ2) is 6.58. The fraction of sp³-hybridized carbons (Fsp3) is 0.571. The normalized spacial score (nSPS) is 12.5. The second-order valence-corrected chi connectivity index (χ2v) is 4.09. The molecule has 0 rings (SSSR count). The SMILES string of the molecule is C=C(C)C(=O)OC(CC)S(=O)(=O)O.[Na]. The van der Waals surface area contributed by atoms with Crippen LogP contribution >= 0.6 is 0 Å². The molecule has 0 spiro atoms. The molecule has 1 atom stereocenters. The predicted molar refractivity (Wildman–Crippen MR) is 52.3 cm³/mol. The number of esters is 1. The molecule has 77 valence electrons. The van der Waals surface area contributed by atoms with Crippen LogP contribution in [-0.2, 0) is 19.6 Å². The van der Waals surface area contributed by atoms with Crippen LogP contribution in [0, 0.1) is 0 Å². The minimum Gasteiger partial charge on any atom is -0.440 e. The van der Waals surface area contributed by atoms with Crippen LogP contribution in [0.25, 0.3) is 0 Å². The third kappa shape index (κ3) is 5.77. The molecule has 7 heteroatoms. The van der Waals surface area contributed by atoms with Gasteiger partial charge in [0.05, 0.1) is 0 Å². The van der Waals surface area contributed by atoms with Crippen molar-refractivity contribution in [1.29, 1.82) is 0 Å². The van der Waals surface area contributed by atoms with Gasteiger partial charge in [0.25, 0.3) is 0 Å². The molecule has 0 amide bonds. The Labute approximate surface area is 106 Å². The topological polar surface area (TPSA) is 80.7 Å². The summed E-state index contributed by atoms with van der Waals surface area (Å²) in [5.74, 6) is -0.829. The smallest absolute Gasteiger partial charge is 0.334 e. The van der Waals surface area contributed by atoms with Crippen molar-refractivity contribution < 1.29 is 22.5 Å². The van der Waals surface area contributed by atoms with E-state index in [-0.39, 0.29) is 41.6 Å². The second-order valence-electron chi connectivity index (χ2n) is 2.54. The molecule has 0 aliphatic heterocycles. The molecule has 0 bridgehead atoms. The Morgan fingerprint density at radius 2 is 2.00 bits per heavy atom. The maximum absolute atomic E-state index is 10.9. The largest absolute Gasteiger partial charge is 0.440 e. The van der Waals surface area contributed by atoms with E-state index in [4.69, 9.17) is 4.55 Å². The Hall–Kier alpha value is 0.120. The van der Waals surface area contributed by atoms with Crippen molar-refractivity contribution >= 4 is 45.6 Å². The van der Waals surface area contributed by atoms with Gasteiger partial charge in [0.1, 0.15) is 0 Å². The zero-order chi connectivity index (χ0) is 10.6. The average Bonchev–Trinajstić information content (AvgIpc) is 1.96. The molecule has 14 heavy (non-hydrogen) atoms. The third-order valence-electron chi connectivity index (χ3n) is 1.25. The summed E-state index contributed by atoms with van der Waals surface area (Å²) >= 11 is 0. The molecule has 0 fully saturated rings. The van der Waals surface area contributed by atoms with Gasteiger partial charge in [0.15, 0.2) is 0 Å². The molecule has 1 N–H and O–H groups in total. The zero-order valence-corrected chi connectivity index (χ0v) is 11.3. The molecular formula is C7H12NaO5S. The number of carbonyl (C=O) groups excluding carboxylic acids is 1. The van der Waals surface area contributed by atoms with Crippen molar-refractivity contribution in [2.75, 3.05) is 0 Å². The van der Waals surface area contributed by atoms with E-state index in [0.717, 1.165) is 0 Å². The molecule has 1 radical (unpaired) electrons. The van der Waals surface area contributed by atoms with Gasteiger partial charge in [-0.15, -0.1) is 0 Å². The summed E-state index contributed by atoms with van der Waals surface area (Å²) in [6.45, 7) is 6.14. The summed E-state index contributed by atoms with van der Waals surface area (Å²) < 4.78 is 34.2. The van der Waals surface area contributed by atoms with Crippen LogP contribution in [0.15, 0.2) is 12.2 Å². The van der Waals surface area contributed by atoms with Gasteiger partial charge in [0.2, 0.25) is 5.44 Å².